The highest BCUT2D eigenvalue weighted by atomic mass is 31.2. The van der Waals surface area contributed by atoms with E-state index in [4.69, 9.17) is 14.5 Å². The van der Waals surface area contributed by atoms with Crippen molar-refractivity contribution >= 4 is 18.8 Å². The average molecular weight is 344 g/mol. The molecule has 126 valence electrons. The molecule has 0 aliphatic heterocycles. The number of rotatable bonds is 6. The summed E-state index contributed by atoms with van der Waals surface area (Å²) in [5.41, 5.74) is 1.77. The maximum Gasteiger partial charge on any atom is 0.351 e. The molecule has 2 N–H and O–H groups in total. The number of aromatic nitrogens is 4. The summed E-state index contributed by atoms with van der Waals surface area (Å²) in [7, 11) is -4.48. The third-order valence-corrected chi connectivity index (χ3v) is 4.01. The van der Waals surface area contributed by atoms with E-state index in [1.54, 1.807) is 18.4 Å². The zero-order valence-corrected chi connectivity index (χ0v) is 13.9. The second-order valence-electron chi connectivity index (χ2n) is 5.34. The van der Waals surface area contributed by atoms with Gasteiger partial charge in [-0.15, -0.1) is 0 Å². The van der Waals surface area contributed by atoms with Gasteiger partial charge in [0, 0.05) is 5.57 Å². The number of fused-ring (bicyclic) bond motifs is 1. The molecule has 0 bridgehead atoms. The van der Waals surface area contributed by atoms with Gasteiger partial charge in [0.1, 0.15) is 11.8 Å². The Morgan fingerprint density at radius 2 is 2.17 bits per heavy atom. The lowest BCUT2D eigenvalue weighted by atomic mass is 10.0. The Kier molecular flexibility index (Phi) is 4.68. The summed E-state index contributed by atoms with van der Waals surface area (Å²) >= 11 is 0. The van der Waals surface area contributed by atoms with Crippen molar-refractivity contribution in [1.82, 2.24) is 19.5 Å². The molecule has 0 aliphatic carbocycles. The number of imidazole rings is 1. The summed E-state index contributed by atoms with van der Waals surface area (Å²) in [5.74, 6) is -2.42. The molecule has 2 heterocycles. The van der Waals surface area contributed by atoms with Crippen LogP contribution in [0.2, 0.25) is 0 Å². The first-order valence-electron chi connectivity index (χ1n) is 6.74. The third-order valence-electron chi connectivity index (χ3n) is 3.54. The Bertz CT molecular complexity index is 785. The molecule has 0 aliphatic rings. The molecular formula is C13H18FN4O4P. The molecule has 0 fully saturated rings. The number of hydrogen-bond donors (Lipinski definition) is 2. The highest BCUT2D eigenvalue weighted by Gasteiger charge is 2.35. The molecule has 0 amide bonds. The van der Waals surface area contributed by atoms with Gasteiger partial charge in [0.2, 0.25) is 5.85 Å². The minimum Gasteiger partial charge on any atom is -0.330 e. The quantitative estimate of drug-likeness (QED) is 0.610. The zero-order valence-electron chi connectivity index (χ0n) is 13.0. The van der Waals surface area contributed by atoms with Gasteiger partial charge in [-0.2, -0.15) is 0 Å². The van der Waals surface area contributed by atoms with Crippen LogP contribution in [0.15, 0.2) is 24.8 Å². The Morgan fingerprint density at radius 1 is 1.52 bits per heavy atom. The zero-order chi connectivity index (χ0) is 17.4. The van der Waals surface area contributed by atoms with Crippen LogP contribution in [0.25, 0.3) is 11.2 Å². The van der Waals surface area contributed by atoms with Gasteiger partial charge in [0.05, 0.1) is 18.1 Å². The molecule has 0 saturated heterocycles. The Morgan fingerprint density at radius 3 is 2.78 bits per heavy atom. The van der Waals surface area contributed by atoms with Gasteiger partial charge >= 0.3 is 7.60 Å². The van der Waals surface area contributed by atoms with Gasteiger partial charge in [0.15, 0.2) is 12.0 Å². The van der Waals surface area contributed by atoms with Crippen molar-refractivity contribution in [2.75, 3.05) is 6.35 Å². The second kappa shape index (κ2) is 6.09. The lowest BCUT2D eigenvalue weighted by Crippen LogP contribution is -2.30. The van der Waals surface area contributed by atoms with Crippen LogP contribution in [-0.4, -0.2) is 41.5 Å². The Balaban J connectivity index is 2.27. The first-order valence-corrected chi connectivity index (χ1v) is 8.53. The number of halogens is 1. The van der Waals surface area contributed by atoms with E-state index in [1.165, 1.54) is 12.7 Å². The second-order valence-corrected chi connectivity index (χ2v) is 6.93. The van der Waals surface area contributed by atoms with Crippen LogP contribution in [-0.2, 0) is 9.30 Å². The molecule has 10 heteroatoms. The highest BCUT2D eigenvalue weighted by molar-refractivity contribution is 7.51. The van der Waals surface area contributed by atoms with Crippen molar-refractivity contribution in [2.45, 2.75) is 32.7 Å². The van der Waals surface area contributed by atoms with E-state index < -0.39 is 25.8 Å². The van der Waals surface area contributed by atoms with E-state index >= 15 is 0 Å². The lowest BCUT2D eigenvalue weighted by molar-refractivity contribution is -0.0911. The third kappa shape index (κ3) is 3.81. The molecule has 2 aromatic rings. The van der Waals surface area contributed by atoms with Crippen LogP contribution in [0.1, 0.15) is 25.6 Å². The molecule has 2 rings (SSSR count). The van der Waals surface area contributed by atoms with Gasteiger partial charge in [-0.1, -0.05) is 6.58 Å². The number of aryl methyl sites for hydroxylation is 1. The standard InChI is InChI=1S/C13H18FN4O4P/c1-8(13(4,14)22-7-23(19,20)21)10(3)18-6-17-11-9(2)15-5-16-12(11)18/h5-6,10H,1,7H2,2-4H3,(H2,19,20,21)/t10-,13-/m1/s1. The minimum absolute atomic E-state index is 0.0125. The molecule has 2 aromatic heterocycles. The Hall–Kier alpha value is -1.67. The smallest absolute Gasteiger partial charge is 0.330 e. The maximum atomic E-state index is 14.6. The summed E-state index contributed by atoms with van der Waals surface area (Å²) in [6, 6.07) is -0.596. The van der Waals surface area contributed by atoms with Crippen molar-refractivity contribution in [1.29, 1.82) is 0 Å². The van der Waals surface area contributed by atoms with Crippen molar-refractivity contribution in [3.05, 3.63) is 30.5 Å². The van der Waals surface area contributed by atoms with Crippen LogP contribution >= 0.6 is 7.60 Å². The van der Waals surface area contributed by atoms with E-state index in [2.05, 4.69) is 21.5 Å². The van der Waals surface area contributed by atoms with Gasteiger partial charge in [0.25, 0.3) is 0 Å². The molecule has 0 radical (unpaired) electrons. The largest absolute Gasteiger partial charge is 0.351 e. The van der Waals surface area contributed by atoms with Crippen LogP contribution in [0.5, 0.6) is 0 Å². The minimum atomic E-state index is -4.48. The van der Waals surface area contributed by atoms with E-state index in [0.717, 1.165) is 6.92 Å². The number of hydrogen-bond acceptors (Lipinski definition) is 5. The fourth-order valence-electron chi connectivity index (χ4n) is 2.09. The summed E-state index contributed by atoms with van der Waals surface area (Å²) in [6.07, 6.45) is 1.84. The van der Waals surface area contributed by atoms with E-state index in [-0.39, 0.29) is 5.57 Å². The van der Waals surface area contributed by atoms with Crippen LogP contribution < -0.4 is 0 Å². The molecule has 0 unspecified atom stereocenters. The molecule has 2 atom stereocenters. The van der Waals surface area contributed by atoms with Crippen LogP contribution in [0, 0.1) is 6.92 Å². The molecule has 0 saturated carbocycles. The summed E-state index contributed by atoms with van der Waals surface area (Å²) in [4.78, 5) is 30.0. The number of ether oxygens (including phenoxy) is 1. The lowest BCUT2D eigenvalue weighted by Gasteiger charge is -2.28. The monoisotopic (exact) mass is 344 g/mol. The fraction of sp³-hybridized carbons (Fsp3) is 0.462. The number of nitrogens with zero attached hydrogens (tertiary/aromatic N) is 4. The van der Waals surface area contributed by atoms with Gasteiger partial charge in [-0.25, -0.2) is 19.3 Å². The molecular weight excluding hydrogens is 326 g/mol. The van der Waals surface area contributed by atoms with Crippen molar-refractivity contribution in [2.24, 2.45) is 0 Å². The fourth-order valence-corrected chi connectivity index (χ4v) is 2.50. The van der Waals surface area contributed by atoms with Crippen molar-refractivity contribution < 1.29 is 23.5 Å². The molecule has 0 aromatic carbocycles. The highest BCUT2D eigenvalue weighted by Crippen LogP contribution is 2.39. The Labute approximate surface area is 132 Å². The summed E-state index contributed by atoms with van der Waals surface area (Å²) in [6.45, 7) is 8.17. The number of alkyl halides is 1. The molecule has 8 nitrogen and oxygen atoms in total. The predicted molar refractivity (Wildman–Crippen MR) is 81.4 cm³/mol. The molecule has 23 heavy (non-hydrogen) atoms. The van der Waals surface area contributed by atoms with Crippen LogP contribution in [0.4, 0.5) is 4.39 Å². The topological polar surface area (TPSA) is 110 Å². The van der Waals surface area contributed by atoms with Crippen LogP contribution in [0.3, 0.4) is 0 Å². The van der Waals surface area contributed by atoms with Gasteiger partial charge < -0.3 is 19.1 Å². The van der Waals surface area contributed by atoms with E-state index in [1.807, 2.05) is 0 Å². The molecule has 0 spiro atoms. The van der Waals surface area contributed by atoms with Crippen molar-refractivity contribution in [3.8, 4) is 0 Å². The van der Waals surface area contributed by atoms with Crippen molar-refractivity contribution in [3.63, 3.8) is 0 Å². The normalized spacial score (nSPS) is 16.3. The van der Waals surface area contributed by atoms with Gasteiger partial charge in [-0.3, -0.25) is 4.57 Å². The summed E-state index contributed by atoms with van der Waals surface area (Å²) in [5, 5.41) is 0. The first-order chi connectivity index (χ1) is 10.5. The SMILES string of the molecule is C=C([C@@H](C)n1cnc2c(C)ncnc21)[C@](C)(F)OCP(=O)(O)O. The van der Waals surface area contributed by atoms with E-state index in [9.17, 15) is 8.96 Å². The maximum absolute atomic E-state index is 14.6. The van der Waals surface area contributed by atoms with Gasteiger partial charge in [-0.05, 0) is 20.8 Å². The predicted octanol–water partition coefficient (Wildman–Crippen LogP) is 2.09. The summed E-state index contributed by atoms with van der Waals surface area (Å²) < 4.78 is 31.8. The average Bonchev–Trinajstić information content (AvgIpc) is 2.88. The van der Waals surface area contributed by atoms with E-state index in [0.29, 0.717) is 16.9 Å². The first kappa shape index (κ1) is 17.7.